The van der Waals surface area contributed by atoms with Crippen molar-refractivity contribution in [3.63, 3.8) is 0 Å². The molecule has 0 radical (unpaired) electrons. The molecule has 2 aromatic heterocycles. The molecule has 1 atom stereocenters. The number of fused-ring (bicyclic) bond motifs is 1. The van der Waals surface area contributed by atoms with Gasteiger partial charge in [-0.15, -0.1) is 0 Å². The molecule has 5 rings (SSSR count). The zero-order valence-electron chi connectivity index (χ0n) is 21.3. The van der Waals surface area contributed by atoms with Crippen molar-refractivity contribution in [1.29, 1.82) is 0 Å². The van der Waals surface area contributed by atoms with Gasteiger partial charge in [-0.2, -0.15) is 5.10 Å². The van der Waals surface area contributed by atoms with Crippen LogP contribution in [0.3, 0.4) is 0 Å². The van der Waals surface area contributed by atoms with Gasteiger partial charge in [0.05, 0.1) is 18.0 Å². The number of rotatable bonds is 5. The number of carbonyl (C=O) groups excluding carboxylic acids is 1. The number of hydrogen-bond donors (Lipinski definition) is 1. The average molecular weight is 523 g/mol. The summed E-state index contributed by atoms with van der Waals surface area (Å²) >= 11 is 0. The average Bonchev–Trinajstić information content (AvgIpc) is 3.47. The van der Waals surface area contributed by atoms with E-state index in [0.29, 0.717) is 35.4 Å². The maximum absolute atomic E-state index is 14.0. The zero-order chi connectivity index (χ0) is 27.0. The van der Waals surface area contributed by atoms with Gasteiger partial charge in [-0.05, 0) is 70.0 Å². The van der Waals surface area contributed by atoms with Crippen LogP contribution in [0.15, 0.2) is 48.8 Å². The van der Waals surface area contributed by atoms with Crippen molar-refractivity contribution in [3.05, 3.63) is 60.4 Å². The van der Waals surface area contributed by atoms with E-state index in [4.69, 9.17) is 20.3 Å². The lowest BCUT2D eigenvalue weighted by molar-refractivity contribution is 0.0212. The molecule has 2 N–H and O–H groups in total. The first-order chi connectivity index (χ1) is 18.1. The van der Waals surface area contributed by atoms with E-state index in [1.165, 1.54) is 12.4 Å². The Balaban J connectivity index is 1.44. The van der Waals surface area contributed by atoms with Gasteiger partial charge >= 0.3 is 6.09 Å². The lowest BCUT2D eigenvalue weighted by Gasteiger charge is -2.28. The maximum Gasteiger partial charge on any atom is 0.410 e. The molecule has 0 spiro atoms. The number of para-hydroxylation sites is 1. The fourth-order valence-electron chi connectivity index (χ4n) is 4.52. The lowest BCUT2D eigenvalue weighted by atomic mass is 10.1. The van der Waals surface area contributed by atoms with Crippen molar-refractivity contribution >= 4 is 22.9 Å². The minimum atomic E-state index is -0.795. The Bertz CT molecular complexity index is 1460. The number of ether oxygens (including phenoxy) is 2. The molecule has 4 aromatic rings. The van der Waals surface area contributed by atoms with Crippen molar-refractivity contribution in [2.75, 3.05) is 12.3 Å². The summed E-state index contributed by atoms with van der Waals surface area (Å²) in [5, 5.41) is 5.36. The molecule has 1 amide bonds. The summed E-state index contributed by atoms with van der Waals surface area (Å²) in [6.07, 6.45) is 2.68. The highest BCUT2D eigenvalue weighted by Gasteiger charge is 2.33. The molecule has 1 saturated heterocycles. The number of benzene rings is 2. The SMILES string of the molecule is CC(C)(C)OC(=O)N1CCC[C@@H]1Cn1nc(-c2ccc(Oc3c(F)cccc3F)cc2)c2c(N)ncnc21. The summed E-state index contributed by atoms with van der Waals surface area (Å²) in [7, 11) is 0. The standard InChI is InChI=1S/C27H28F2N6O3/c1-27(2,3)38-26(36)34-13-5-6-17(34)14-35-25-21(24(30)31-15-32-25)22(33-35)16-9-11-18(12-10-16)37-23-19(28)7-4-8-20(23)29/h4,7-12,15,17H,5-6,13-14H2,1-3H3,(H2,30,31,32)/t17-/m1/s1. The molecule has 1 aliphatic heterocycles. The van der Waals surface area contributed by atoms with Crippen LogP contribution >= 0.6 is 0 Å². The topological polar surface area (TPSA) is 108 Å². The quantitative estimate of drug-likeness (QED) is 0.366. The van der Waals surface area contributed by atoms with Crippen LogP contribution in [0.25, 0.3) is 22.3 Å². The Hall–Kier alpha value is -4.28. The van der Waals surface area contributed by atoms with Gasteiger partial charge in [-0.25, -0.2) is 28.2 Å². The molecule has 11 heteroatoms. The van der Waals surface area contributed by atoms with Crippen LogP contribution in [-0.4, -0.2) is 48.9 Å². The number of hydrogen-bond acceptors (Lipinski definition) is 7. The third kappa shape index (κ3) is 5.09. The molecular weight excluding hydrogens is 494 g/mol. The van der Waals surface area contributed by atoms with Gasteiger partial charge in [0.2, 0.25) is 0 Å². The molecule has 3 heterocycles. The number of likely N-dealkylation sites (tertiary alicyclic amines) is 1. The summed E-state index contributed by atoms with van der Waals surface area (Å²) in [5.74, 6) is -1.55. The second kappa shape index (κ2) is 9.88. The highest BCUT2D eigenvalue weighted by atomic mass is 19.1. The van der Waals surface area contributed by atoms with Crippen LogP contribution in [0.5, 0.6) is 11.5 Å². The zero-order valence-corrected chi connectivity index (χ0v) is 21.3. The monoisotopic (exact) mass is 522 g/mol. The lowest BCUT2D eigenvalue weighted by Crippen LogP contribution is -2.41. The van der Waals surface area contributed by atoms with E-state index in [1.807, 2.05) is 20.8 Å². The summed E-state index contributed by atoms with van der Waals surface area (Å²) < 4.78 is 40.7. The molecule has 0 aliphatic carbocycles. The Labute approximate surface area is 218 Å². The van der Waals surface area contributed by atoms with Crippen molar-refractivity contribution < 1.29 is 23.0 Å². The molecule has 38 heavy (non-hydrogen) atoms. The predicted molar refractivity (Wildman–Crippen MR) is 138 cm³/mol. The number of nitrogen functional groups attached to an aromatic ring is 1. The molecular formula is C27H28F2N6O3. The largest absolute Gasteiger partial charge is 0.451 e. The van der Waals surface area contributed by atoms with Gasteiger partial charge in [0.15, 0.2) is 23.0 Å². The van der Waals surface area contributed by atoms with Crippen molar-refractivity contribution in [2.24, 2.45) is 0 Å². The molecule has 9 nitrogen and oxygen atoms in total. The molecule has 2 aromatic carbocycles. The van der Waals surface area contributed by atoms with E-state index in [9.17, 15) is 13.6 Å². The molecule has 1 fully saturated rings. The Morgan fingerprint density at radius 2 is 1.82 bits per heavy atom. The second-order valence-corrected chi connectivity index (χ2v) is 10.1. The molecule has 0 saturated carbocycles. The van der Waals surface area contributed by atoms with E-state index in [2.05, 4.69) is 9.97 Å². The van der Waals surface area contributed by atoms with Gasteiger partial charge in [0.25, 0.3) is 0 Å². The first-order valence-corrected chi connectivity index (χ1v) is 12.3. The number of carbonyl (C=O) groups is 1. The second-order valence-electron chi connectivity index (χ2n) is 10.1. The molecule has 0 bridgehead atoms. The third-order valence-electron chi connectivity index (χ3n) is 6.21. The van der Waals surface area contributed by atoms with E-state index in [0.717, 1.165) is 25.0 Å². The van der Waals surface area contributed by atoms with Gasteiger partial charge in [0, 0.05) is 12.1 Å². The predicted octanol–water partition coefficient (Wildman–Crippen LogP) is 5.55. The number of anilines is 1. The fourth-order valence-corrected chi connectivity index (χ4v) is 4.52. The van der Waals surface area contributed by atoms with Gasteiger partial charge in [-0.3, -0.25) is 0 Å². The highest BCUT2D eigenvalue weighted by Crippen LogP contribution is 2.34. The summed E-state index contributed by atoms with van der Waals surface area (Å²) in [6, 6.07) is 10.0. The smallest absolute Gasteiger partial charge is 0.410 e. The molecule has 1 aliphatic rings. The first-order valence-electron chi connectivity index (χ1n) is 12.3. The Morgan fingerprint density at radius 1 is 1.11 bits per heavy atom. The van der Waals surface area contributed by atoms with E-state index in [1.54, 1.807) is 33.8 Å². The fraction of sp³-hybridized carbons (Fsp3) is 0.333. The van der Waals surface area contributed by atoms with Crippen molar-refractivity contribution in [3.8, 4) is 22.8 Å². The number of nitrogens with zero attached hydrogens (tertiary/aromatic N) is 5. The Morgan fingerprint density at radius 3 is 2.50 bits per heavy atom. The van der Waals surface area contributed by atoms with E-state index in [-0.39, 0.29) is 23.7 Å². The van der Waals surface area contributed by atoms with Crippen molar-refractivity contribution in [1.82, 2.24) is 24.6 Å². The van der Waals surface area contributed by atoms with E-state index >= 15 is 0 Å². The van der Waals surface area contributed by atoms with Gasteiger partial charge in [-0.1, -0.05) is 6.07 Å². The van der Waals surface area contributed by atoms with Crippen LogP contribution in [0.4, 0.5) is 19.4 Å². The minimum absolute atomic E-state index is 0.122. The number of nitrogens with two attached hydrogens (primary N) is 1. The van der Waals surface area contributed by atoms with Crippen LogP contribution in [-0.2, 0) is 11.3 Å². The highest BCUT2D eigenvalue weighted by molar-refractivity contribution is 5.98. The molecule has 0 unspecified atom stereocenters. The third-order valence-corrected chi connectivity index (χ3v) is 6.21. The van der Waals surface area contributed by atoms with Gasteiger partial charge in [0.1, 0.15) is 29.2 Å². The van der Waals surface area contributed by atoms with E-state index < -0.39 is 23.0 Å². The number of halogens is 2. The summed E-state index contributed by atoms with van der Waals surface area (Å²) in [6.45, 7) is 6.52. The number of aromatic nitrogens is 4. The van der Waals surface area contributed by atoms with Crippen LogP contribution in [0, 0.1) is 11.6 Å². The maximum atomic E-state index is 14.0. The number of amides is 1. The van der Waals surface area contributed by atoms with Gasteiger partial charge < -0.3 is 20.1 Å². The molecule has 198 valence electrons. The summed E-state index contributed by atoms with van der Waals surface area (Å²) in [5.41, 5.74) is 7.41. The van der Waals surface area contributed by atoms with Crippen molar-refractivity contribution in [2.45, 2.75) is 51.8 Å². The Kier molecular flexibility index (Phi) is 6.60. The first kappa shape index (κ1) is 25.4. The van der Waals surface area contributed by atoms with Crippen LogP contribution < -0.4 is 10.5 Å². The van der Waals surface area contributed by atoms with Crippen LogP contribution in [0.2, 0.25) is 0 Å². The van der Waals surface area contributed by atoms with Crippen LogP contribution in [0.1, 0.15) is 33.6 Å². The normalized spacial score (nSPS) is 15.7. The summed E-state index contributed by atoms with van der Waals surface area (Å²) in [4.78, 5) is 23.1. The minimum Gasteiger partial charge on any atom is -0.451 e.